The molecule has 7 heteroatoms. The Labute approximate surface area is 168 Å². The van der Waals surface area contributed by atoms with Crippen LogP contribution in [0.4, 0.5) is 5.69 Å². The molecule has 1 atom stereocenters. The third-order valence-electron chi connectivity index (χ3n) is 5.30. The molecule has 0 aromatic heterocycles. The third kappa shape index (κ3) is 4.03. The number of amides is 1. The summed E-state index contributed by atoms with van der Waals surface area (Å²) in [4.78, 5) is 37.8. The van der Waals surface area contributed by atoms with E-state index in [4.69, 9.17) is 4.74 Å². The van der Waals surface area contributed by atoms with Crippen molar-refractivity contribution in [2.24, 2.45) is 0 Å². The minimum Gasteiger partial charge on any atom is -0.466 e. The Morgan fingerprint density at radius 1 is 1.21 bits per heavy atom. The molecule has 0 aliphatic carbocycles. The van der Waals surface area contributed by atoms with E-state index in [0.717, 1.165) is 11.1 Å². The smallest absolute Gasteiger partial charge is 0.336 e. The summed E-state index contributed by atoms with van der Waals surface area (Å²) >= 11 is 0. The summed E-state index contributed by atoms with van der Waals surface area (Å²) in [6, 6.07) is 13.8. The summed E-state index contributed by atoms with van der Waals surface area (Å²) in [5.41, 5.74) is 3.35. The standard InChI is InChI=1S/C22H22N2O5/c1-14-7-4-5-8-17(14)13-23-15(2)21(22(26)29-3)19(12-20(23)25)16-9-6-10-18(11-16)24(27)28/h4-11,19H,12-13H2,1-3H3. The highest BCUT2D eigenvalue weighted by Gasteiger charge is 2.37. The molecule has 1 aliphatic heterocycles. The van der Waals surface area contributed by atoms with Crippen LogP contribution < -0.4 is 0 Å². The van der Waals surface area contributed by atoms with Crippen LogP contribution in [0, 0.1) is 17.0 Å². The minimum absolute atomic E-state index is 0.0365. The Bertz CT molecular complexity index is 1010. The Morgan fingerprint density at radius 2 is 1.93 bits per heavy atom. The van der Waals surface area contributed by atoms with Gasteiger partial charge >= 0.3 is 5.97 Å². The lowest BCUT2D eigenvalue weighted by Gasteiger charge is -2.34. The van der Waals surface area contributed by atoms with Crippen LogP contribution in [0.25, 0.3) is 0 Å². The first-order valence-corrected chi connectivity index (χ1v) is 9.21. The van der Waals surface area contributed by atoms with Crippen LogP contribution in [0.15, 0.2) is 59.8 Å². The minimum atomic E-state index is -0.594. The van der Waals surface area contributed by atoms with E-state index in [1.165, 1.54) is 19.2 Å². The number of benzene rings is 2. The van der Waals surface area contributed by atoms with Crippen molar-refractivity contribution in [2.75, 3.05) is 7.11 Å². The van der Waals surface area contributed by atoms with E-state index in [9.17, 15) is 19.7 Å². The number of hydrogen-bond donors (Lipinski definition) is 0. The first-order valence-electron chi connectivity index (χ1n) is 9.21. The predicted octanol–water partition coefficient (Wildman–Crippen LogP) is 3.87. The molecule has 0 bridgehead atoms. The molecule has 3 rings (SSSR count). The topological polar surface area (TPSA) is 89.8 Å². The highest BCUT2D eigenvalue weighted by molar-refractivity contribution is 5.95. The second kappa shape index (κ2) is 8.26. The highest BCUT2D eigenvalue weighted by atomic mass is 16.6. The Kier molecular flexibility index (Phi) is 5.77. The molecule has 2 aromatic carbocycles. The van der Waals surface area contributed by atoms with Crippen molar-refractivity contribution in [2.45, 2.75) is 32.7 Å². The molecule has 1 amide bonds. The quantitative estimate of drug-likeness (QED) is 0.436. The number of carbonyl (C=O) groups is 2. The van der Waals surface area contributed by atoms with Crippen LogP contribution in [0.3, 0.4) is 0 Å². The summed E-state index contributed by atoms with van der Waals surface area (Å²) < 4.78 is 4.98. The lowest BCUT2D eigenvalue weighted by Crippen LogP contribution is -2.38. The van der Waals surface area contributed by atoms with Crippen LogP contribution >= 0.6 is 0 Å². The number of nitro groups is 1. The van der Waals surface area contributed by atoms with Crippen LogP contribution in [-0.2, 0) is 20.9 Å². The van der Waals surface area contributed by atoms with Crippen LogP contribution in [0.5, 0.6) is 0 Å². The van der Waals surface area contributed by atoms with Crippen molar-refractivity contribution < 1.29 is 19.2 Å². The van der Waals surface area contributed by atoms with E-state index in [1.807, 2.05) is 31.2 Å². The van der Waals surface area contributed by atoms with Gasteiger partial charge in [0, 0.05) is 30.2 Å². The number of ether oxygens (including phenoxy) is 1. The molecule has 150 valence electrons. The van der Waals surface area contributed by atoms with Crippen molar-refractivity contribution in [3.8, 4) is 0 Å². The molecule has 2 aromatic rings. The van der Waals surface area contributed by atoms with Gasteiger partial charge in [-0.3, -0.25) is 14.9 Å². The maximum atomic E-state index is 13.0. The van der Waals surface area contributed by atoms with Crippen molar-refractivity contribution in [1.82, 2.24) is 4.90 Å². The van der Waals surface area contributed by atoms with E-state index in [-0.39, 0.29) is 18.0 Å². The van der Waals surface area contributed by atoms with E-state index in [2.05, 4.69) is 0 Å². The molecular weight excluding hydrogens is 372 g/mol. The van der Waals surface area contributed by atoms with Gasteiger partial charge < -0.3 is 9.64 Å². The van der Waals surface area contributed by atoms with Crippen LogP contribution in [-0.4, -0.2) is 28.8 Å². The maximum Gasteiger partial charge on any atom is 0.336 e. The zero-order chi connectivity index (χ0) is 21.1. The van der Waals surface area contributed by atoms with Gasteiger partial charge in [0.25, 0.3) is 5.69 Å². The van der Waals surface area contributed by atoms with E-state index in [0.29, 0.717) is 23.4 Å². The summed E-state index contributed by atoms with van der Waals surface area (Å²) in [6.45, 7) is 4.03. The zero-order valence-corrected chi connectivity index (χ0v) is 16.5. The third-order valence-corrected chi connectivity index (χ3v) is 5.30. The highest BCUT2D eigenvalue weighted by Crippen LogP contribution is 2.38. The molecule has 29 heavy (non-hydrogen) atoms. The number of allylic oxidation sites excluding steroid dienone is 1. The Morgan fingerprint density at radius 3 is 2.59 bits per heavy atom. The number of nitrogens with zero attached hydrogens (tertiary/aromatic N) is 2. The second-order valence-corrected chi connectivity index (χ2v) is 7.01. The second-order valence-electron chi connectivity index (χ2n) is 7.01. The predicted molar refractivity (Wildman–Crippen MR) is 107 cm³/mol. The van der Waals surface area contributed by atoms with E-state index < -0.39 is 16.8 Å². The molecule has 0 saturated carbocycles. The fourth-order valence-electron chi connectivity index (χ4n) is 3.68. The number of nitro benzene ring substituents is 1. The SMILES string of the molecule is COC(=O)C1=C(C)N(Cc2ccccc2C)C(=O)CC1c1cccc([N+](=O)[O-])c1. The number of esters is 1. The van der Waals surface area contributed by atoms with Crippen molar-refractivity contribution >= 4 is 17.6 Å². The van der Waals surface area contributed by atoms with E-state index in [1.54, 1.807) is 24.0 Å². The van der Waals surface area contributed by atoms with Gasteiger partial charge in [-0.25, -0.2) is 4.79 Å². The molecule has 1 heterocycles. The number of rotatable bonds is 5. The van der Waals surface area contributed by atoms with Crippen molar-refractivity contribution in [3.63, 3.8) is 0 Å². The maximum absolute atomic E-state index is 13.0. The molecule has 0 radical (unpaired) electrons. The van der Waals surface area contributed by atoms with Gasteiger partial charge in [-0.2, -0.15) is 0 Å². The normalized spacial score (nSPS) is 16.7. The number of aryl methyl sites for hydroxylation is 1. The number of carbonyl (C=O) groups excluding carboxylic acids is 2. The first kappa shape index (κ1) is 20.3. The number of methoxy groups -OCH3 is 1. The lowest BCUT2D eigenvalue weighted by molar-refractivity contribution is -0.384. The lowest BCUT2D eigenvalue weighted by atomic mass is 9.83. The molecule has 0 N–H and O–H groups in total. The van der Waals surface area contributed by atoms with Crippen LogP contribution in [0.1, 0.15) is 36.0 Å². The monoisotopic (exact) mass is 394 g/mol. The largest absolute Gasteiger partial charge is 0.466 e. The van der Waals surface area contributed by atoms with Gasteiger partial charge in [-0.1, -0.05) is 36.4 Å². The average Bonchev–Trinajstić information content (AvgIpc) is 2.71. The summed E-state index contributed by atoms with van der Waals surface area (Å²) in [6.07, 6.45) is 0.0365. The van der Waals surface area contributed by atoms with Gasteiger partial charge in [0.15, 0.2) is 0 Å². The van der Waals surface area contributed by atoms with Gasteiger partial charge in [-0.05, 0) is 30.5 Å². The average molecular weight is 394 g/mol. The molecular formula is C22H22N2O5. The fraction of sp³-hybridized carbons (Fsp3) is 0.273. The molecule has 7 nitrogen and oxygen atoms in total. The molecule has 1 aliphatic rings. The van der Waals surface area contributed by atoms with Gasteiger partial charge in [0.05, 0.1) is 24.2 Å². The zero-order valence-electron chi connectivity index (χ0n) is 16.5. The summed E-state index contributed by atoms with van der Waals surface area (Å²) in [5, 5.41) is 11.2. The van der Waals surface area contributed by atoms with E-state index >= 15 is 0 Å². The van der Waals surface area contributed by atoms with Crippen molar-refractivity contribution in [1.29, 1.82) is 0 Å². The molecule has 0 fully saturated rings. The number of non-ortho nitro benzene ring substituents is 1. The number of hydrogen-bond acceptors (Lipinski definition) is 5. The Balaban J connectivity index is 2.06. The fourth-order valence-corrected chi connectivity index (χ4v) is 3.68. The Hall–Kier alpha value is -3.48. The molecule has 1 unspecified atom stereocenters. The van der Waals surface area contributed by atoms with Gasteiger partial charge in [-0.15, -0.1) is 0 Å². The van der Waals surface area contributed by atoms with Gasteiger partial charge in [0.1, 0.15) is 0 Å². The summed E-state index contributed by atoms with van der Waals surface area (Å²) in [7, 11) is 1.29. The molecule has 0 spiro atoms. The van der Waals surface area contributed by atoms with Gasteiger partial charge in [0.2, 0.25) is 5.91 Å². The van der Waals surface area contributed by atoms with Crippen molar-refractivity contribution in [3.05, 3.63) is 86.6 Å². The van der Waals surface area contributed by atoms with Crippen LogP contribution in [0.2, 0.25) is 0 Å². The first-order chi connectivity index (χ1) is 13.8. The molecule has 0 saturated heterocycles. The summed E-state index contributed by atoms with van der Waals surface area (Å²) in [5.74, 6) is -1.28.